The fourth-order valence-electron chi connectivity index (χ4n) is 2.48. The number of amides is 1. The molecular formula is C18H22N2O4. The molecule has 1 aromatic carbocycles. The summed E-state index contributed by atoms with van der Waals surface area (Å²) in [4.78, 5) is 30.0. The summed E-state index contributed by atoms with van der Waals surface area (Å²) in [5, 5.41) is 9.32. The number of hydrogen-bond acceptors (Lipinski definition) is 4. The molecule has 0 radical (unpaired) electrons. The maximum Gasteiger partial charge on any atom is 0.335 e. The normalized spacial score (nSPS) is 10.6. The van der Waals surface area contributed by atoms with Crippen LogP contribution in [-0.4, -0.2) is 40.0 Å². The Labute approximate surface area is 141 Å². The second kappa shape index (κ2) is 8.29. The Morgan fingerprint density at radius 1 is 1.12 bits per heavy atom. The number of oxazole rings is 1. The minimum atomic E-state index is -1.09. The van der Waals surface area contributed by atoms with Crippen LogP contribution in [0, 0.1) is 0 Å². The lowest BCUT2D eigenvalue weighted by atomic mass is 10.0. The molecule has 2 aromatic rings. The van der Waals surface area contributed by atoms with E-state index in [4.69, 9.17) is 4.42 Å². The molecule has 1 heterocycles. The summed E-state index contributed by atoms with van der Waals surface area (Å²) in [6.45, 7) is 5.39. The van der Waals surface area contributed by atoms with Crippen molar-refractivity contribution in [2.24, 2.45) is 0 Å². The zero-order valence-corrected chi connectivity index (χ0v) is 14.0. The summed E-state index contributed by atoms with van der Waals surface area (Å²) >= 11 is 0. The van der Waals surface area contributed by atoms with E-state index in [-0.39, 0.29) is 11.5 Å². The van der Waals surface area contributed by atoms with Gasteiger partial charge in [0, 0.05) is 24.2 Å². The van der Waals surface area contributed by atoms with Crippen LogP contribution >= 0.6 is 0 Å². The van der Waals surface area contributed by atoms with E-state index in [2.05, 4.69) is 11.9 Å². The monoisotopic (exact) mass is 330 g/mol. The maximum absolute atomic E-state index is 12.8. The minimum Gasteiger partial charge on any atom is -0.478 e. The summed E-state index contributed by atoms with van der Waals surface area (Å²) in [5.41, 5.74) is 0.865. The van der Waals surface area contributed by atoms with Gasteiger partial charge in [-0.2, -0.15) is 0 Å². The summed E-state index contributed by atoms with van der Waals surface area (Å²) in [7, 11) is 0. The Morgan fingerprint density at radius 2 is 1.88 bits per heavy atom. The highest BCUT2D eigenvalue weighted by molar-refractivity contribution is 5.99. The van der Waals surface area contributed by atoms with Crippen molar-refractivity contribution in [1.82, 2.24) is 9.88 Å². The van der Waals surface area contributed by atoms with Crippen LogP contribution in [0.4, 0.5) is 0 Å². The Balaban J connectivity index is 2.40. The summed E-state index contributed by atoms with van der Waals surface area (Å²) in [5.74, 6) is -0.961. The van der Waals surface area contributed by atoms with Crippen molar-refractivity contribution in [2.75, 3.05) is 13.1 Å². The van der Waals surface area contributed by atoms with E-state index in [1.807, 2.05) is 6.92 Å². The predicted octanol–water partition coefficient (Wildman–Crippen LogP) is 3.69. The van der Waals surface area contributed by atoms with Gasteiger partial charge in [-0.1, -0.05) is 20.3 Å². The first-order valence-corrected chi connectivity index (χ1v) is 8.14. The van der Waals surface area contributed by atoms with Crippen molar-refractivity contribution in [3.05, 3.63) is 41.8 Å². The molecule has 24 heavy (non-hydrogen) atoms. The topological polar surface area (TPSA) is 83.6 Å². The van der Waals surface area contributed by atoms with Crippen LogP contribution in [-0.2, 0) is 0 Å². The molecule has 0 spiro atoms. The van der Waals surface area contributed by atoms with Gasteiger partial charge in [-0.3, -0.25) is 4.79 Å². The summed E-state index contributed by atoms with van der Waals surface area (Å²) in [6.07, 6.45) is 5.64. The zero-order chi connectivity index (χ0) is 17.5. The number of unbranched alkanes of at least 4 members (excludes halogenated alkanes) is 1. The van der Waals surface area contributed by atoms with Gasteiger partial charge in [0.1, 0.15) is 6.26 Å². The maximum atomic E-state index is 12.8. The van der Waals surface area contributed by atoms with Crippen LogP contribution in [0.3, 0.4) is 0 Å². The molecule has 128 valence electrons. The van der Waals surface area contributed by atoms with Crippen molar-refractivity contribution in [3.8, 4) is 11.5 Å². The zero-order valence-electron chi connectivity index (χ0n) is 14.0. The second-order valence-corrected chi connectivity index (χ2v) is 5.59. The molecule has 0 saturated heterocycles. The number of aromatic carboxylic acids is 1. The Kier molecular flexibility index (Phi) is 6.12. The molecular weight excluding hydrogens is 308 g/mol. The average Bonchev–Trinajstić information content (AvgIpc) is 3.12. The number of carboxylic acids is 1. The first-order chi connectivity index (χ1) is 11.6. The van der Waals surface area contributed by atoms with Crippen LogP contribution in [0.15, 0.2) is 35.1 Å². The lowest BCUT2D eigenvalue weighted by Gasteiger charge is -2.22. The molecule has 0 atom stereocenters. The molecule has 2 rings (SSSR count). The third-order valence-corrected chi connectivity index (χ3v) is 3.67. The molecule has 1 aromatic heterocycles. The average molecular weight is 330 g/mol. The van der Waals surface area contributed by atoms with Crippen molar-refractivity contribution in [3.63, 3.8) is 0 Å². The number of carbonyl (C=O) groups excluding carboxylic acids is 1. The fourth-order valence-corrected chi connectivity index (χ4v) is 2.48. The lowest BCUT2D eigenvalue weighted by Crippen LogP contribution is -2.32. The number of carbonyl (C=O) groups is 2. The SMILES string of the molecule is CCCCN(CCC)C(=O)c1cc(C(=O)O)cc(-c2ncco2)c1. The van der Waals surface area contributed by atoms with Gasteiger partial charge in [-0.15, -0.1) is 0 Å². The number of rotatable bonds is 8. The van der Waals surface area contributed by atoms with E-state index in [1.165, 1.54) is 24.6 Å². The van der Waals surface area contributed by atoms with Crippen molar-refractivity contribution >= 4 is 11.9 Å². The van der Waals surface area contributed by atoms with Crippen LogP contribution < -0.4 is 0 Å². The van der Waals surface area contributed by atoms with E-state index >= 15 is 0 Å². The van der Waals surface area contributed by atoms with Crippen LogP contribution in [0.25, 0.3) is 11.5 Å². The smallest absolute Gasteiger partial charge is 0.335 e. The molecule has 0 saturated carbocycles. The van der Waals surface area contributed by atoms with E-state index in [0.29, 0.717) is 30.1 Å². The second-order valence-electron chi connectivity index (χ2n) is 5.59. The lowest BCUT2D eigenvalue weighted by molar-refractivity contribution is 0.0697. The quantitative estimate of drug-likeness (QED) is 0.798. The van der Waals surface area contributed by atoms with Crippen LogP contribution in [0.5, 0.6) is 0 Å². The van der Waals surface area contributed by atoms with Gasteiger partial charge < -0.3 is 14.4 Å². The van der Waals surface area contributed by atoms with Crippen LogP contribution in [0.1, 0.15) is 53.8 Å². The first kappa shape index (κ1) is 17.7. The fraction of sp³-hybridized carbons (Fsp3) is 0.389. The standard InChI is InChI=1S/C18H22N2O4/c1-3-5-8-20(7-4-2)17(21)14-10-13(16-19-6-9-24-16)11-15(12-14)18(22)23/h6,9-12H,3-5,7-8H2,1-2H3,(H,22,23). The molecule has 0 bridgehead atoms. The van der Waals surface area contributed by atoms with Gasteiger partial charge in [-0.25, -0.2) is 9.78 Å². The molecule has 6 heteroatoms. The van der Waals surface area contributed by atoms with E-state index < -0.39 is 5.97 Å². The third kappa shape index (κ3) is 4.22. The Hall–Kier alpha value is -2.63. The van der Waals surface area contributed by atoms with Gasteiger partial charge in [0.25, 0.3) is 5.91 Å². The minimum absolute atomic E-state index is 0.0426. The van der Waals surface area contributed by atoms with Gasteiger partial charge >= 0.3 is 5.97 Å². The summed E-state index contributed by atoms with van der Waals surface area (Å²) < 4.78 is 5.23. The Bertz CT molecular complexity index is 695. The molecule has 1 amide bonds. The molecule has 0 fully saturated rings. The van der Waals surface area contributed by atoms with E-state index in [1.54, 1.807) is 11.0 Å². The number of nitrogens with zero attached hydrogens (tertiary/aromatic N) is 2. The molecule has 0 aliphatic rings. The van der Waals surface area contributed by atoms with E-state index in [9.17, 15) is 14.7 Å². The number of carboxylic acid groups (broad SMARTS) is 1. The third-order valence-electron chi connectivity index (χ3n) is 3.67. The van der Waals surface area contributed by atoms with Crippen molar-refractivity contribution in [1.29, 1.82) is 0 Å². The highest BCUT2D eigenvalue weighted by atomic mass is 16.4. The Morgan fingerprint density at radius 3 is 2.46 bits per heavy atom. The van der Waals surface area contributed by atoms with Crippen molar-refractivity contribution in [2.45, 2.75) is 33.1 Å². The molecule has 0 unspecified atom stereocenters. The highest BCUT2D eigenvalue weighted by Gasteiger charge is 2.19. The van der Waals surface area contributed by atoms with Gasteiger partial charge in [0.15, 0.2) is 0 Å². The van der Waals surface area contributed by atoms with Crippen molar-refractivity contribution < 1.29 is 19.1 Å². The van der Waals surface area contributed by atoms with Gasteiger partial charge in [0.2, 0.25) is 5.89 Å². The molecule has 1 N–H and O–H groups in total. The molecule has 0 aliphatic carbocycles. The number of hydrogen-bond donors (Lipinski definition) is 1. The highest BCUT2D eigenvalue weighted by Crippen LogP contribution is 2.22. The van der Waals surface area contributed by atoms with E-state index in [0.717, 1.165) is 19.3 Å². The van der Waals surface area contributed by atoms with Gasteiger partial charge in [-0.05, 0) is 31.0 Å². The molecule has 0 aliphatic heterocycles. The van der Waals surface area contributed by atoms with Crippen LogP contribution in [0.2, 0.25) is 0 Å². The van der Waals surface area contributed by atoms with Gasteiger partial charge in [0.05, 0.1) is 11.8 Å². The first-order valence-electron chi connectivity index (χ1n) is 8.14. The molecule has 6 nitrogen and oxygen atoms in total. The number of benzene rings is 1. The number of aromatic nitrogens is 1. The largest absolute Gasteiger partial charge is 0.478 e. The predicted molar refractivity (Wildman–Crippen MR) is 90.0 cm³/mol. The summed E-state index contributed by atoms with van der Waals surface area (Å²) in [6, 6.07) is 4.50.